The lowest BCUT2D eigenvalue weighted by molar-refractivity contribution is -0.386. The van der Waals surface area contributed by atoms with Gasteiger partial charge in [0.2, 0.25) is 0 Å². The lowest BCUT2D eigenvalue weighted by Crippen LogP contribution is -2.26. The van der Waals surface area contributed by atoms with Crippen LogP contribution in [-0.2, 0) is 17.7 Å². The first kappa shape index (κ1) is 21.1. The Labute approximate surface area is 179 Å². The molecule has 164 valence electrons. The molecule has 1 aliphatic heterocycles. The van der Waals surface area contributed by atoms with Crippen LogP contribution in [0.2, 0.25) is 0 Å². The lowest BCUT2D eigenvalue weighted by Gasteiger charge is -2.25. The minimum absolute atomic E-state index is 0.0837. The van der Waals surface area contributed by atoms with Crippen molar-refractivity contribution < 1.29 is 9.66 Å². The Hall–Kier alpha value is -3.14. The van der Waals surface area contributed by atoms with E-state index in [0.717, 1.165) is 37.8 Å². The van der Waals surface area contributed by atoms with E-state index in [-0.39, 0.29) is 12.8 Å². The molecule has 0 radical (unpaired) electrons. The van der Waals surface area contributed by atoms with Crippen LogP contribution < -0.4 is 5.56 Å². The maximum absolute atomic E-state index is 12.6. The maximum atomic E-state index is 12.6. The normalized spacial score (nSPS) is 16.8. The fourth-order valence-electron chi connectivity index (χ4n) is 3.89. The first-order valence-electron chi connectivity index (χ1n) is 10.6. The number of nitro groups is 1. The Kier molecular flexibility index (Phi) is 6.08. The zero-order valence-electron chi connectivity index (χ0n) is 17.7. The van der Waals surface area contributed by atoms with Gasteiger partial charge in [0.1, 0.15) is 23.9 Å². The number of hydrogen-bond acceptors (Lipinski definition) is 7. The highest BCUT2D eigenvalue weighted by Crippen LogP contribution is 2.29. The molecule has 1 atom stereocenters. The molecule has 4 heterocycles. The van der Waals surface area contributed by atoms with Crippen molar-refractivity contribution in [2.24, 2.45) is 5.92 Å². The zero-order valence-corrected chi connectivity index (χ0v) is 17.7. The van der Waals surface area contributed by atoms with E-state index in [1.807, 2.05) is 4.57 Å². The van der Waals surface area contributed by atoms with Gasteiger partial charge >= 0.3 is 11.2 Å². The number of ether oxygens (including phenoxy) is 1. The third-order valence-electron chi connectivity index (χ3n) is 5.54. The van der Waals surface area contributed by atoms with Gasteiger partial charge < -0.3 is 9.30 Å². The summed E-state index contributed by atoms with van der Waals surface area (Å²) in [5.41, 5.74) is 1.11. The number of aromatic nitrogens is 5. The summed E-state index contributed by atoms with van der Waals surface area (Å²) >= 11 is 0. The fourth-order valence-corrected chi connectivity index (χ4v) is 3.89. The topological polar surface area (TPSA) is 118 Å². The van der Waals surface area contributed by atoms with E-state index in [2.05, 4.69) is 23.8 Å². The average Bonchev–Trinajstić information content (AvgIpc) is 3.12. The molecule has 10 heteroatoms. The summed E-state index contributed by atoms with van der Waals surface area (Å²) in [7, 11) is 0. The molecular formula is C21H26N6O4. The average molecular weight is 426 g/mol. The van der Waals surface area contributed by atoms with Gasteiger partial charge in [0, 0.05) is 18.9 Å². The highest BCUT2D eigenvalue weighted by molar-refractivity contribution is 5.74. The molecule has 0 bridgehead atoms. The van der Waals surface area contributed by atoms with Crippen molar-refractivity contribution in [1.29, 1.82) is 0 Å². The molecule has 1 saturated heterocycles. The summed E-state index contributed by atoms with van der Waals surface area (Å²) in [6.45, 7) is 5.05. The largest absolute Gasteiger partial charge is 0.358 e. The zero-order chi connectivity index (χ0) is 22.0. The van der Waals surface area contributed by atoms with Crippen LogP contribution in [0.1, 0.15) is 57.3 Å². The SMILES string of the molecule is CC(C)CCc1ncnc2c1nc(Cn1cccc([N+](=O)[O-])c1=O)n2C1CCCCO1. The molecule has 0 N–H and O–H groups in total. The number of imidazole rings is 1. The van der Waals surface area contributed by atoms with Crippen LogP contribution in [0, 0.1) is 16.0 Å². The van der Waals surface area contributed by atoms with Gasteiger partial charge in [-0.1, -0.05) is 13.8 Å². The maximum Gasteiger partial charge on any atom is 0.334 e. The van der Waals surface area contributed by atoms with Crippen LogP contribution in [0.4, 0.5) is 5.69 Å². The number of nitrogens with zero attached hydrogens (tertiary/aromatic N) is 6. The molecule has 31 heavy (non-hydrogen) atoms. The van der Waals surface area contributed by atoms with Crippen molar-refractivity contribution in [2.75, 3.05) is 6.61 Å². The molecule has 3 aromatic rings. The van der Waals surface area contributed by atoms with Gasteiger partial charge in [-0.05, 0) is 44.1 Å². The summed E-state index contributed by atoms with van der Waals surface area (Å²) in [6.07, 6.45) is 7.41. The standard InChI is InChI=1S/C21H26N6O4/c1-14(2)8-9-15-19-20(23-13-22-15)26(18-7-3-4-11-31-18)17(24-19)12-25-10-5-6-16(21(25)28)27(29)30/h5-6,10,13-14,18H,3-4,7-9,11-12H2,1-2H3. The van der Waals surface area contributed by atoms with Crippen LogP contribution in [0.3, 0.4) is 0 Å². The number of pyridine rings is 1. The van der Waals surface area contributed by atoms with E-state index in [4.69, 9.17) is 9.72 Å². The molecule has 10 nitrogen and oxygen atoms in total. The molecule has 0 saturated carbocycles. The van der Waals surface area contributed by atoms with Crippen molar-refractivity contribution in [2.45, 2.75) is 58.7 Å². The Bertz CT molecular complexity index is 1150. The van der Waals surface area contributed by atoms with Gasteiger partial charge in [-0.3, -0.25) is 19.5 Å². The molecular weight excluding hydrogens is 400 g/mol. The van der Waals surface area contributed by atoms with Crippen LogP contribution in [-0.4, -0.2) is 35.6 Å². The molecule has 0 aliphatic carbocycles. The van der Waals surface area contributed by atoms with Gasteiger partial charge in [-0.15, -0.1) is 0 Å². The molecule has 1 fully saturated rings. The summed E-state index contributed by atoms with van der Waals surface area (Å²) in [6, 6.07) is 2.71. The molecule has 4 rings (SSSR count). The highest BCUT2D eigenvalue weighted by atomic mass is 16.6. The van der Waals surface area contributed by atoms with Crippen LogP contribution in [0.15, 0.2) is 29.5 Å². The molecule has 0 amide bonds. The van der Waals surface area contributed by atoms with Crippen molar-refractivity contribution in [1.82, 2.24) is 24.1 Å². The van der Waals surface area contributed by atoms with E-state index < -0.39 is 16.2 Å². The number of hydrogen-bond donors (Lipinski definition) is 0. The molecule has 3 aromatic heterocycles. The van der Waals surface area contributed by atoms with Gasteiger partial charge in [0.05, 0.1) is 17.2 Å². The molecule has 1 unspecified atom stereocenters. The second-order valence-electron chi connectivity index (χ2n) is 8.23. The number of rotatable bonds is 7. The number of fused-ring (bicyclic) bond motifs is 1. The minimum Gasteiger partial charge on any atom is -0.358 e. The first-order chi connectivity index (χ1) is 15.0. The summed E-state index contributed by atoms with van der Waals surface area (Å²) < 4.78 is 9.24. The number of aryl methyl sites for hydroxylation is 1. The smallest absolute Gasteiger partial charge is 0.334 e. The van der Waals surface area contributed by atoms with Crippen LogP contribution in [0.25, 0.3) is 11.2 Å². The van der Waals surface area contributed by atoms with E-state index in [1.165, 1.54) is 22.9 Å². The van der Waals surface area contributed by atoms with Gasteiger partial charge in [-0.2, -0.15) is 0 Å². The first-order valence-corrected chi connectivity index (χ1v) is 10.6. The van der Waals surface area contributed by atoms with E-state index in [9.17, 15) is 14.9 Å². The van der Waals surface area contributed by atoms with Crippen molar-refractivity contribution in [3.05, 3.63) is 56.6 Å². The molecule has 0 aromatic carbocycles. The van der Waals surface area contributed by atoms with Crippen LogP contribution >= 0.6 is 0 Å². The highest BCUT2D eigenvalue weighted by Gasteiger charge is 2.25. The van der Waals surface area contributed by atoms with Gasteiger partial charge in [-0.25, -0.2) is 15.0 Å². The third kappa shape index (κ3) is 4.34. The predicted octanol–water partition coefficient (Wildman–Crippen LogP) is 3.23. The fraction of sp³-hybridized carbons (Fsp3) is 0.524. The Morgan fingerprint density at radius 2 is 2.16 bits per heavy atom. The third-order valence-corrected chi connectivity index (χ3v) is 5.54. The quantitative estimate of drug-likeness (QED) is 0.420. The van der Waals surface area contributed by atoms with Crippen LogP contribution in [0.5, 0.6) is 0 Å². The Morgan fingerprint density at radius 3 is 2.87 bits per heavy atom. The van der Waals surface area contributed by atoms with Gasteiger partial charge in [0.15, 0.2) is 5.65 Å². The van der Waals surface area contributed by atoms with E-state index in [0.29, 0.717) is 29.5 Å². The van der Waals surface area contributed by atoms with Crippen molar-refractivity contribution in [3.8, 4) is 0 Å². The monoisotopic (exact) mass is 426 g/mol. The van der Waals surface area contributed by atoms with E-state index >= 15 is 0 Å². The Balaban J connectivity index is 1.81. The van der Waals surface area contributed by atoms with E-state index in [1.54, 1.807) is 6.33 Å². The minimum atomic E-state index is -0.665. The summed E-state index contributed by atoms with van der Waals surface area (Å²) in [5.74, 6) is 1.10. The van der Waals surface area contributed by atoms with Crippen molar-refractivity contribution in [3.63, 3.8) is 0 Å². The second-order valence-corrected chi connectivity index (χ2v) is 8.23. The Morgan fingerprint density at radius 1 is 1.32 bits per heavy atom. The summed E-state index contributed by atoms with van der Waals surface area (Å²) in [4.78, 5) is 36.9. The lowest BCUT2D eigenvalue weighted by atomic mass is 10.1. The molecule has 1 aliphatic rings. The summed E-state index contributed by atoms with van der Waals surface area (Å²) in [5, 5.41) is 11.2. The van der Waals surface area contributed by atoms with Gasteiger partial charge in [0.25, 0.3) is 0 Å². The predicted molar refractivity (Wildman–Crippen MR) is 114 cm³/mol. The molecule has 0 spiro atoms. The van der Waals surface area contributed by atoms with Crippen molar-refractivity contribution >= 4 is 16.9 Å². The second kappa shape index (κ2) is 8.93.